The van der Waals surface area contributed by atoms with Gasteiger partial charge in [-0.15, -0.1) is 0 Å². The van der Waals surface area contributed by atoms with Crippen LogP contribution in [0.3, 0.4) is 0 Å². The zero-order chi connectivity index (χ0) is 28.2. The van der Waals surface area contributed by atoms with Crippen LogP contribution in [0.15, 0.2) is 29.4 Å². The predicted molar refractivity (Wildman–Crippen MR) is 144 cm³/mol. The normalized spacial score (nSPS) is 24.5. The fourth-order valence-electron chi connectivity index (χ4n) is 6.00. The van der Waals surface area contributed by atoms with Gasteiger partial charge in [-0.25, -0.2) is 18.2 Å². The first-order valence-electron chi connectivity index (χ1n) is 13.3. The van der Waals surface area contributed by atoms with Gasteiger partial charge in [-0.2, -0.15) is 10.2 Å². The maximum absolute atomic E-state index is 12.9. The Labute approximate surface area is 229 Å². The van der Waals surface area contributed by atoms with Gasteiger partial charge in [0.05, 0.1) is 24.1 Å². The van der Waals surface area contributed by atoms with Gasteiger partial charge in [0, 0.05) is 25.9 Å². The summed E-state index contributed by atoms with van der Waals surface area (Å²) < 4.78 is 37.5. The largest absolute Gasteiger partial charge is 0.466 e. The van der Waals surface area contributed by atoms with E-state index in [0.717, 1.165) is 30.2 Å². The highest BCUT2D eigenvalue weighted by Gasteiger charge is 2.48. The van der Waals surface area contributed by atoms with Crippen LogP contribution in [0.4, 0.5) is 10.6 Å². The number of rotatable bonds is 3. The van der Waals surface area contributed by atoms with Crippen molar-refractivity contribution in [3.63, 3.8) is 0 Å². The van der Waals surface area contributed by atoms with Crippen LogP contribution in [0, 0.1) is 11.3 Å². The van der Waals surface area contributed by atoms with E-state index in [0.29, 0.717) is 43.7 Å². The number of nitriles is 1. The number of hydrogen-bond acceptors (Lipinski definition) is 9. The second-order valence-electron chi connectivity index (χ2n) is 11.8. The zero-order valence-electron chi connectivity index (χ0n) is 23.1. The van der Waals surface area contributed by atoms with Crippen molar-refractivity contribution in [2.45, 2.75) is 81.7 Å². The number of nitrogens with zero attached hydrogens (tertiary/aromatic N) is 5. The molecule has 0 saturated carbocycles. The van der Waals surface area contributed by atoms with Crippen LogP contribution in [0.2, 0.25) is 0 Å². The van der Waals surface area contributed by atoms with Crippen LogP contribution in [0.1, 0.15) is 69.6 Å². The molecule has 1 aromatic carbocycles. The molecule has 3 aliphatic rings. The second kappa shape index (κ2) is 9.66. The number of carbonyl (C=O) groups excluding carboxylic acids is 1. The lowest BCUT2D eigenvalue weighted by Gasteiger charge is -2.43. The molecule has 2 aromatic rings. The monoisotopic (exact) mass is 553 g/mol. The Hall–Kier alpha value is -3.39. The average Bonchev–Trinajstić information content (AvgIpc) is 3.12. The van der Waals surface area contributed by atoms with Crippen LogP contribution in [0.25, 0.3) is 0 Å². The van der Waals surface area contributed by atoms with E-state index in [1.54, 1.807) is 25.7 Å². The number of benzene rings is 1. The molecule has 1 saturated heterocycles. The summed E-state index contributed by atoms with van der Waals surface area (Å²) >= 11 is 0. The lowest BCUT2D eigenvalue weighted by atomic mass is 9.86. The van der Waals surface area contributed by atoms with E-state index < -0.39 is 33.2 Å². The van der Waals surface area contributed by atoms with Crippen molar-refractivity contribution < 1.29 is 22.7 Å². The number of hydrogen-bond donors (Lipinski definition) is 0. The number of piperazine rings is 1. The van der Waals surface area contributed by atoms with Crippen LogP contribution in [0.5, 0.6) is 5.88 Å². The first kappa shape index (κ1) is 27.2. The molecule has 1 aliphatic carbocycles. The topological polar surface area (TPSA) is 126 Å². The Morgan fingerprint density at radius 2 is 2.00 bits per heavy atom. The highest BCUT2D eigenvalue weighted by Crippen LogP contribution is 2.52. The molecule has 208 valence electrons. The van der Waals surface area contributed by atoms with Crippen molar-refractivity contribution in [1.82, 2.24) is 14.9 Å². The number of anilines is 1. The van der Waals surface area contributed by atoms with Gasteiger partial charge in [-0.05, 0) is 57.1 Å². The molecule has 2 aliphatic heterocycles. The minimum atomic E-state index is -3.74. The van der Waals surface area contributed by atoms with E-state index >= 15 is 0 Å². The average molecular weight is 554 g/mol. The highest BCUT2D eigenvalue weighted by molar-refractivity contribution is 7.90. The molecule has 3 heterocycles. The number of aromatic nitrogens is 2. The highest BCUT2D eigenvalue weighted by atomic mass is 32.2. The number of sulfone groups is 1. The van der Waals surface area contributed by atoms with Gasteiger partial charge < -0.3 is 19.3 Å². The molecule has 1 fully saturated rings. The summed E-state index contributed by atoms with van der Waals surface area (Å²) in [5.41, 5.74) is 1.90. The van der Waals surface area contributed by atoms with E-state index in [9.17, 15) is 18.5 Å². The molecular formula is C28H35N5O5S. The van der Waals surface area contributed by atoms with E-state index in [1.807, 2.05) is 17.0 Å². The van der Waals surface area contributed by atoms with Crippen molar-refractivity contribution in [2.24, 2.45) is 0 Å². The third kappa shape index (κ3) is 5.14. The quantitative estimate of drug-likeness (QED) is 0.519. The van der Waals surface area contributed by atoms with Gasteiger partial charge >= 0.3 is 6.09 Å². The fraction of sp³-hybridized carbons (Fsp3) is 0.571. The van der Waals surface area contributed by atoms with E-state index in [-0.39, 0.29) is 11.6 Å². The minimum absolute atomic E-state index is 0.107. The summed E-state index contributed by atoms with van der Waals surface area (Å²) in [5, 5.41) is 9.20. The molecule has 0 N–H and O–H groups in total. The smallest absolute Gasteiger partial charge is 0.410 e. The molecular weight excluding hydrogens is 518 g/mol. The lowest BCUT2D eigenvalue weighted by molar-refractivity contribution is 0.0142. The molecule has 5 rings (SSSR count). The van der Waals surface area contributed by atoms with Gasteiger partial charge in [0.15, 0.2) is 0 Å². The fourth-order valence-corrected chi connectivity index (χ4v) is 6.51. The molecule has 11 heteroatoms. The molecule has 3 atom stereocenters. The number of ether oxygens (including phenoxy) is 2. The molecule has 1 amide bonds. The molecule has 39 heavy (non-hydrogen) atoms. The Balaban J connectivity index is 1.51. The van der Waals surface area contributed by atoms with Gasteiger partial charge in [-0.1, -0.05) is 31.2 Å². The van der Waals surface area contributed by atoms with Crippen molar-refractivity contribution in [1.29, 1.82) is 5.26 Å². The maximum Gasteiger partial charge on any atom is 0.410 e. The first-order valence-corrected chi connectivity index (χ1v) is 15.2. The van der Waals surface area contributed by atoms with E-state index in [4.69, 9.17) is 9.47 Å². The molecule has 1 aromatic heterocycles. The van der Waals surface area contributed by atoms with Gasteiger partial charge in [0.1, 0.15) is 17.0 Å². The Kier molecular flexibility index (Phi) is 6.74. The molecule has 1 spiro atoms. The molecule has 0 radical (unpaired) electrons. The Morgan fingerprint density at radius 3 is 2.69 bits per heavy atom. The predicted octanol–water partition coefficient (Wildman–Crippen LogP) is 3.95. The number of fused-ring (bicyclic) bond motifs is 3. The first-order chi connectivity index (χ1) is 18.3. The summed E-state index contributed by atoms with van der Waals surface area (Å²) in [6, 6.07) is 9.98. The van der Waals surface area contributed by atoms with Crippen molar-refractivity contribution in [2.75, 3.05) is 30.8 Å². The summed E-state index contributed by atoms with van der Waals surface area (Å²) in [4.78, 5) is 25.3. The van der Waals surface area contributed by atoms with Gasteiger partial charge in [-0.3, -0.25) is 0 Å². The maximum atomic E-state index is 12.9. The van der Waals surface area contributed by atoms with Crippen LogP contribution >= 0.6 is 0 Å². The minimum Gasteiger partial charge on any atom is -0.466 e. The van der Waals surface area contributed by atoms with Crippen LogP contribution in [-0.4, -0.2) is 66.9 Å². The lowest BCUT2D eigenvalue weighted by Crippen LogP contribution is -2.56. The van der Waals surface area contributed by atoms with E-state index in [1.165, 1.54) is 5.56 Å². The van der Waals surface area contributed by atoms with Gasteiger partial charge in [0.2, 0.25) is 15.7 Å². The summed E-state index contributed by atoms with van der Waals surface area (Å²) in [7, 11) is -3.74. The van der Waals surface area contributed by atoms with Crippen LogP contribution < -0.4 is 9.64 Å². The second-order valence-corrected chi connectivity index (χ2v) is 13.7. The Morgan fingerprint density at radius 1 is 1.26 bits per heavy atom. The standard InChI is InChI=1S/C28H35N5O5S/c1-18-16-28(22-9-7-6-8-20(18)22)12-10-21-23(30-25(39(5,35)36)31-24(21)37-28)32-14-15-33(19(17-32)11-13-29)26(34)38-27(2,3)4/h6-9,18-19H,10-12,14-17H2,1-5H3/t18-,19-,28-/m0/s1. The number of amides is 1. The summed E-state index contributed by atoms with van der Waals surface area (Å²) in [6.45, 7) is 8.61. The summed E-state index contributed by atoms with van der Waals surface area (Å²) in [5.74, 6) is 1.09. The SMILES string of the molecule is C[C@H]1C[C@@]2(CCc3c(nc(S(C)(=O)=O)nc3N3CCN(C(=O)OC(C)(C)C)[C@@H](CC#N)C3)O2)c2ccccc21. The number of carbonyl (C=O) groups is 1. The van der Waals surface area contributed by atoms with E-state index in [2.05, 4.69) is 35.1 Å². The zero-order valence-corrected chi connectivity index (χ0v) is 23.9. The third-order valence-electron chi connectivity index (χ3n) is 7.69. The molecule has 0 bridgehead atoms. The van der Waals surface area contributed by atoms with Crippen molar-refractivity contribution in [3.8, 4) is 11.9 Å². The van der Waals surface area contributed by atoms with Crippen LogP contribution in [-0.2, 0) is 26.6 Å². The third-order valence-corrected chi connectivity index (χ3v) is 8.53. The Bertz CT molecular complexity index is 1450. The van der Waals surface area contributed by atoms with Crippen molar-refractivity contribution in [3.05, 3.63) is 41.0 Å². The summed E-state index contributed by atoms with van der Waals surface area (Å²) in [6.07, 6.45) is 2.85. The molecule has 0 unspecified atom stereocenters. The molecule has 10 nitrogen and oxygen atoms in total. The van der Waals surface area contributed by atoms with Gasteiger partial charge in [0.25, 0.3) is 5.16 Å². The van der Waals surface area contributed by atoms with Crippen molar-refractivity contribution >= 4 is 21.7 Å².